The topological polar surface area (TPSA) is 59.2 Å². The molecular weight excluding hydrogens is 362 g/mol. The van der Waals surface area contributed by atoms with Crippen LogP contribution < -0.4 is 4.90 Å². The van der Waals surface area contributed by atoms with Crippen LogP contribution in [0.1, 0.15) is 37.1 Å². The van der Waals surface area contributed by atoms with Gasteiger partial charge in [-0.1, -0.05) is 18.5 Å². The van der Waals surface area contributed by atoms with Gasteiger partial charge in [0.25, 0.3) is 12.2 Å². The molecule has 9 heteroatoms. The monoisotopic (exact) mass is 378 g/mol. The molecule has 4 rings (SSSR count). The molecule has 136 valence electrons. The fourth-order valence-electron chi connectivity index (χ4n) is 3.45. The number of pyridine rings is 1. The Kier molecular flexibility index (Phi) is 4.44. The number of fused-ring (bicyclic) bond motifs is 1. The average Bonchev–Trinajstić information content (AvgIpc) is 3.11. The fraction of sp³-hybridized carbons (Fsp3) is 0.412. The lowest BCUT2D eigenvalue weighted by molar-refractivity contribution is 0.146. The summed E-state index contributed by atoms with van der Waals surface area (Å²) in [7, 11) is 0. The Morgan fingerprint density at radius 1 is 1.27 bits per heavy atom. The number of alkyl halides is 2. The maximum Gasteiger partial charge on any atom is 0.280 e. The largest absolute Gasteiger partial charge is 0.356 e. The van der Waals surface area contributed by atoms with Gasteiger partial charge in [0.05, 0.1) is 10.7 Å². The van der Waals surface area contributed by atoms with Crippen molar-refractivity contribution in [3.8, 4) is 0 Å². The molecule has 3 aromatic rings. The molecule has 4 heterocycles. The van der Waals surface area contributed by atoms with Crippen LogP contribution in [0, 0.1) is 5.92 Å². The highest BCUT2D eigenvalue weighted by atomic mass is 35.5. The third-order valence-electron chi connectivity index (χ3n) is 4.90. The van der Waals surface area contributed by atoms with E-state index in [1.807, 2.05) is 6.07 Å². The van der Waals surface area contributed by atoms with Crippen LogP contribution >= 0.6 is 11.6 Å². The predicted molar refractivity (Wildman–Crippen MR) is 93.7 cm³/mol. The van der Waals surface area contributed by atoms with Crippen LogP contribution in [0.4, 0.5) is 14.6 Å². The van der Waals surface area contributed by atoms with Crippen LogP contribution in [0.3, 0.4) is 0 Å². The van der Waals surface area contributed by atoms with Crippen molar-refractivity contribution in [1.82, 2.24) is 24.6 Å². The van der Waals surface area contributed by atoms with Gasteiger partial charge in [-0.2, -0.15) is 10.1 Å². The Morgan fingerprint density at radius 2 is 2.12 bits per heavy atom. The van der Waals surface area contributed by atoms with Crippen molar-refractivity contribution in [2.75, 3.05) is 18.0 Å². The van der Waals surface area contributed by atoms with E-state index < -0.39 is 6.43 Å². The first-order valence-electron chi connectivity index (χ1n) is 8.38. The molecule has 1 saturated heterocycles. The van der Waals surface area contributed by atoms with E-state index in [2.05, 4.69) is 31.9 Å². The molecule has 0 saturated carbocycles. The van der Waals surface area contributed by atoms with E-state index in [-0.39, 0.29) is 17.4 Å². The van der Waals surface area contributed by atoms with Crippen molar-refractivity contribution < 1.29 is 8.78 Å². The van der Waals surface area contributed by atoms with Crippen LogP contribution in [-0.4, -0.2) is 37.7 Å². The number of nitrogens with zero attached hydrogens (tertiary/aromatic N) is 6. The molecule has 1 fully saturated rings. The zero-order valence-corrected chi connectivity index (χ0v) is 14.8. The Bertz CT molecular complexity index is 913. The van der Waals surface area contributed by atoms with Gasteiger partial charge in [-0.25, -0.2) is 23.3 Å². The Morgan fingerprint density at radius 3 is 2.85 bits per heavy atom. The van der Waals surface area contributed by atoms with Gasteiger partial charge in [0.1, 0.15) is 17.8 Å². The minimum atomic E-state index is -2.65. The molecule has 1 aliphatic heterocycles. The molecule has 0 bridgehead atoms. The second kappa shape index (κ2) is 6.75. The standard InChI is InChI=1S/C17H17ClF2N6/c1-10-4-5-25(15-3-2-11(18)7-21-15)8-12(10)14-6-13(16(19)20)24-17-22-9-23-26(14)17/h2-3,6-7,9-10,12,16H,4-5,8H2,1H3/t10-,12-/m1/s1. The van der Waals surface area contributed by atoms with E-state index in [0.29, 0.717) is 23.2 Å². The summed E-state index contributed by atoms with van der Waals surface area (Å²) in [4.78, 5) is 14.4. The van der Waals surface area contributed by atoms with Gasteiger partial charge in [0.15, 0.2) is 0 Å². The summed E-state index contributed by atoms with van der Waals surface area (Å²) in [6, 6.07) is 5.12. The highest BCUT2D eigenvalue weighted by molar-refractivity contribution is 6.30. The van der Waals surface area contributed by atoms with Crippen LogP contribution in [-0.2, 0) is 0 Å². The maximum absolute atomic E-state index is 13.3. The third-order valence-corrected chi connectivity index (χ3v) is 5.12. The van der Waals surface area contributed by atoms with Gasteiger partial charge in [0.2, 0.25) is 0 Å². The SMILES string of the molecule is C[C@@H]1CCN(c2ccc(Cl)cn2)C[C@H]1c1cc(C(F)F)nc2ncnn12. The summed E-state index contributed by atoms with van der Waals surface area (Å²) in [6.07, 6.45) is 1.22. The number of hydrogen-bond donors (Lipinski definition) is 0. The van der Waals surface area contributed by atoms with Gasteiger partial charge >= 0.3 is 0 Å². The summed E-state index contributed by atoms with van der Waals surface area (Å²) < 4.78 is 28.1. The summed E-state index contributed by atoms with van der Waals surface area (Å²) in [5.74, 6) is 1.33. The molecule has 0 aliphatic carbocycles. The summed E-state index contributed by atoms with van der Waals surface area (Å²) >= 11 is 5.92. The van der Waals surface area contributed by atoms with Gasteiger partial charge in [-0.3, -0.25) is 0 Å². The Balaban J connectivity index is 1.72. The molecule has 0 radical (unpaired) electrons. The molecule has 1 aliphatic rings. The highest BCUT2D eigenvalue weighted by Crippen LogP contribution is 2.35. The van der Waals surface area contributed by atoms with Crippen molar-refractivity contribution in [1.29, 1.82) is 0 Å². The van der Waals surface area contributed by atoms with E-state index in [9.17, 15) is 8.78 Å². The second-order valence-corrected chi connectivity index (χ2v) is 6.97. The lowest BCUT2D eigenvalue weighted by Crippen LogP contribution is -2.39. The predicted octanol–water partition coefficient (Wildman–Crippen LogP) is 3.74. The number of aromatic nitrogens is 5. The van der Waals surface area contributed by atoms with Crippen molar-refractivity contribution in [2.45, 2.75) is 25.7 Å². The van der Waals surface area contributed by atoms with Crippen molar-refractivity contribution in [3.63, 3.8) is 0 Å². The summed E-state index contributed by atoms with van der Waals surface area (Å²) in [6.45, 7) is 3.62. The highest BCUT2D eigenvalue weighted by Gasteiger charge is 2.31. The van der Waals surface area contributed by atoms with Gasteiger partial charge in [-0.05, 0) is 30.5 Å². The number of anilines is 1. The Hall–Kier alpha value is -2.35. The quantitative estimate of drug-likeness (QED) is 0.694. The summed E-state index contributed by atoms with van der Waals surface area (Å²) in [5, 5.41) is 4.76. The minimum absolute atomic E-state index is 0.00549. The van der Waals surface area contributed by atoms with E-state index >= 15 is 0 Å². The molecule has 2 atom stereocenters. The molecular formula is C17H17ClF2N6. The molecule has 0 unspecified atom stereocenters. The molecule has 6 nitrogen and oxygen atoms in total. The van der Waals surface area contributed by atoms with Crippen molar-refractivity contribution in [3.05, 3.63) is 47.1 Å². The smallest absolute Gasteiger partial charge is 0.280 e. The fourth-order valence-corrected chi connectivity index (χ4v) is 3.56. The second-order valence-electron chi connectivity index (χ2n) is 6.53. The first-order chi connectivity index (χ1) is 12.5. The number of rotatable bonds is 3. The van der Waals surface area contributed by atoms with E-state index in [0.717, 1.165) is 18.8 Å². The average molecular weight is 379 g/mol. The number of halogens is 3. The molecule has 3 aromatic heterocycles. The van der Waals surface area contributed by atoms with Crippen LogP contribution in [0.15, 0.2) is 30.7 Å². The van der Waals surface area contributed by atoms with Crippen LogP contribution in [0.25, 0.3) is 5.78 Å². The van der Waals surface area contributed by atoms with Gasteiger partial charge < -0.3 is 4.90 Å². The van der Waals surface area contributed by atoms with Crippen LogP contribution in [0.2, 0.25) is 5.02 Å². The van der Waals surface area contributed by atoms with E-state index in [1.54, 1.807) is 16.8 Å². The first kappa shape index (κ1) is 17.1. The zero-order valence-electron chi connectivity index (χ0n) is 14.1. The lowest BCUT2D eigenvalue weighted by atomic mass is 9.84. The zero-order chi connectivity index (χ0) is 18.3. The van der Waals surface area contributed by atoms with E-state index in [4.69, 9.17) is 11.6 Å². The normalized spacial score (nSPS) is 20.9. The van der Waals surface area contributed by atoms with Crippen LogP contribution in [0.5, 0.6) is 0 Å². The molecule has 26 heavy (non-hydrogen) atoms. The first-order valence-corrected chi connectivity index (χ1v) is 8.76. The Labute approximate surface area is 153 Å². The molecule has 0 N–H and O–H groups in total. The maximum atomic E-state index is 13.3. The minimum Gasteiger partial charge on any atom is -0.356 e. The number of piperidine rings is 1. The third kappa shape index (κ3) is 3.09. The van der Waals surface area contributed by atoms with E-state index in [1.165, 1.54) is 12.4 Å². The summed E-state index contributed by atoms with van der Waals surface area (Å²) in [5.41, 5.74) is 0.434. The van der Waals surface area contributed by atoms with Crippen molar-refractivity contribution in [2.24, 2.45) is 5.92 Å². The van der Waals surface area contributed by atoms with Crippen molar-refractivity contribution >= 4 is 23.2 Å². The molecule has 0 amide bonds. The number of hydrogen-bond acceptors (Lipinski definition) is 5. The van der Waals surface area contributed by atoms with Gasteiger partial charge in [0, 0.05) is 25.2 Å². The van der Waals surface area contributed by atoms with Gasteiger partial charge in [-0.15, -0.1) is 0 Å². The lowest BCUT2D eigenvalue weighted by Gasteiger charge is -2.38. The molecule has 0 aromatic carbocycles. The molecule has 0 spiro atoms.